The van der Waals surface area contributed by atoms with Crippen molar-refractivity contribution in [2.45, 2.75) is 99.7 Å². The van der Waals surface area contributed by atoms with Crippen molar-refractivity contribution in [3.8, 4) is 0 Å². The second-order valence-electron chi connectivity index (χ2n) is 13.5. The van der Waals surface area contributed by atoms with E-state index in [1.807, 2.05) is 13.8 Å². The molecule has 4 rings (SSSR count). The van der Waals surface area contributed by atoms with Crippen LogP contribution in [0.3, 0.4) is 0 Å². The summed E-state index contributed by atoms with van der Waals surface area (Å²) in [7, 11) is 0. The lowest BCUT2D eigenvalue weighted by Gasteiger charge is -2.61. The van der Waals surface area contributed by atoms with E-state index >= 15 is 0 Å². The number of ether oxygens (including phenoxy) is 1. The SMILES string of the molecule is CC(C)=CC(=O)C[C@H](C)[C@@H]1CC[C@]2(C)C3=CC[C@@H]4[C@](C)(C[C@H](O)OC[C@]4(C)C(=O)O)[C@H]3CC[C@@]12C. The first-order chi connectivity index (χ1) is 16.2. The molecule has 3 aliphatic carbocycles. The average molecular weight is 487 g/mol. The van der Waals surface area contributed by atoms with Gasteiger partial charge in [0.2, 0.25) is 0 Å². The van der Waals surface area contributed by atoms with Crippen molar-refractivity contribution >= 4 is 11.8 Å². The largest absolute Gasteiger partial charge is 0.481 e. The minimum atomic E-state index is -1.02. The summed E-state index contributed by atoms with van der Waals surface area (Å²) in [6, 6.07) is 0. The van der Waals surface area contributed by atoms with Crippen LogP contribution >= 0.6 is 0 Å². The number of hydrogen-bond acceptors (Lipinski definition) is 4. The maximum atomic E-state index is 12.6. The maximum Gasteiger partial charge on any atom is 0.312 e. The quantitative estimate of drug-likeness (QED) is 0.359. The van der Waals surface area contributed by atoms with Crippen LogP contribution in [0.1, 0.15) is 93.4 Å². The standard InChI is InChI=1S/C30H46O5/c1-18(2)14-20(31)15-19(3)21-10-12-30(7)23-8-9-24-27(4,22(23)11-13-29(21,30)6)16-25(32)35-17-28(24,5)26(33)34/h8,14,19,21-22,24-25,32H,9-13,15-17H2,1-7H3,(H,33,34)/t19-,21-,22-,24+,25+,27+,28-,29-,30+/m0/s1. The second kappa shape index (κ2) is 8.83. The third-order valence-electron chi connectivity index (χ3n) is 11.3. The molecule has 2 N–H and O–H groups in total. The van der Waals surface area contributed by atoms with Gasteiger partial charge < -0.3 is 14.9 Å². The molecule has 5 heteroatoms. The van der Waals surface area contributed by atoms with Gasteiger partial charge >= 0.3 is 5.97 Å². The summed E-state index contributed by atoms with van der Waals surface area (Å²) in [4.78, 5) is 25.0. The number of aliphatic hydroxyl groups excluding tert-OH is 1. The van der Waals surface area contributed by atoms with E-state index in [9.17, 15) is 19.8 Å². The van der Waals surface area contributed by atoms with E-state index in [0.29, 0.717) is 31.1 Å². The van der Waals surface area contributed by atoms with E-state index in [1.165, 1.54) is 5.57 Å². The van der Waals surface area contributed by atoms with Crippen molar-refractivity contribution in [1.29, 1.82) is 0 Å². The van der Waals surface area contributed by atoms with Gasteiger partial charge in [-0.2, -0.15) is 0 Å². The highest BCUT2D eigenvalue weighted by Gasteiger charge is 2.66. The van der Waals surface area contributed by atoms with Crippen molar-refractivity contribution in [3.05, 3.63) is 23.3 Å². The monoisotopic (exact) mass is 486 g/mol. The molecule has 35 heavy (non-hydrogen) atoms. The van der Waals surface area contributed by atoms with Gasteiger partial charge in [0.15, 0.2) is 12.1 Å². The molecule has 0 spiro atoms. The third kappa shape index (κ3) is 3.96. The second-order valence-corrected chi connectivity index (χ2v) is 13.5. The van der Waals surface area contributed by atoms with Crippen LogP contribution < -0.4 is 0 Å². The molecule has 0 aromatic carbocycles. The lowest BCUT2D eigenvalue weighted by Crippen LogP contribution is -2.55. The Balaban J connectivity index is 1.69. The number of carbonyl (C=O) groups excluding carboxylic acids is 1. The predicted octanol–water partition coefficient (Wildman–Crippen LogP) is 6.16. The minimum Gasteiger partial charge on any atom is -0.481 e. The van der Waals surface area contributed by atoms with Crippen LogP contribution in [0.25, 0.3) is 0 Å². The van der Waals surface area contributed by atoms with E-state index in [2.05, 4.69) is 33.8 Å². The fourth-order valence-electron chi connectivity index (χ4n) is 9.23. The summed E-state index contributed by atoms with van der Waals surface area (Å²) >= 11 is 0. The zero-order valence-corrected chi connectivity index (χ0v) is 22.8. The fraction of sp³-hybridized carbons (Fsp3) is 0.800. The van der Waals surface area contributed by atoms with Gasteiger partial charge in [0, 0.05) is 12.8 Å². The zero-order valence-electron chi connectivity index (χ0n) is 22.8. The summed E-state index contributed by atoms with van der Waals surface area (Å²) in [5, 5.41) is 20.9. The topological polar surface area (TPSA) is 83.8 Å². The number of carboxylic acid groups (broad SMARTS) is 1. The molecule has 1 aliphatic heterocycles. The van der Waals surface area contributed by atoms with Crippen LogP contribution in [0.5, 0.6) is 0 Å². The van der Waals surface area contributed by atoms with E-state index < -0.39 is 17.7 Å². The molecule has 0 unspecified atom stereocenters. The Morgan fingerprint density at radius 3 is 2.49 bits per heavy atom. The number of ketones is 1. The Hall–Kier alpha value is -1.46. The Morgan fingerprint density at radius 2 is 1.86 bits per heavy atom. The smallest absolute Gasteiger partial charge is 0.312 e. The van der Waals surface area contributed by atoms with Gasteiger partial charge in [0.25, 0.3) is 0 Å². The van der Waals surface area contributed by atoms with Crippen LogP contribution in [0.4, 0.5) is 0 Å². The molecule has 0 aromatic rings. The number of rotatable bonds is 5. The first-order valence-corrected chi connectivity index (χ1v) is 13.6. The normalized spacial score (nSPS) is 45.8. The number of hydrogen-bond donors (Lipinski definition) is 2. The molecule has 0 bridgehead atoms. The number of aliphatic hydroxyl groups is 1. The minimum absolute atomic E-state index is 0.0279. The first-order valence-electron chi connectivity index (χ1n) is 13.6. The van der Waals surface area contributed by atoms with E-state index in [-0.39, 0.29) is 40.5 Å². The zero-order chi connectivity index (χ0) is 26.0. The fourth-order valence-corrected chi connectivity index (χ4v) is 9.23. The van der Waals surface area contributed by atoms with Gasteiger partial charge in [0.1, 0.15) is 0 Å². The van der Waals surface area contributed by atoms with Crippen LogP contribution in [0.2, 0.25) is 0 Å². The third-order valence-corrected chi connectivity index (χ3v) is 11.3. The molecule has 1 saturated heterocycles. The Kier molecular flexibility index (Phi) is 6.71. The summed E-state index contributed by atoms with van der Waals surface area (Å²) in [6.45, 7) is 15.2. The van der Waals surface area contributed by atoms with Crippen molar-refractivity contribution in [2.75, 3.05) is 6.61 Å². The number of carboxylic acids is 1. The summed E-state index contributed by atoms with van der Waals surface area (Å²) in [6.07, 6.45) is 9.33. The van der Waals surface area contributed by atoms with Gasteiger partial charge in [-0.3, -0.25) is 9.59 Å². The van der Waals surface area contributed by atoms with Crippen molar-refractivity contribution < 1.29 is 24.5 Å². The molecule has 5 nitrogen and oxygen atoms in total. The highest BCUT2D eigenvalue weighted by atomic mass is 16.6. The predicted molar refractivity (Wildman–Crippen MR) is 136 cm³/mol. The van der Waals surface area contributed by atoms with Gasteiger partial charge in [-0.25, -0.2) is 0 Å². The highest BCUT2D eigenvalue weighted by molar-refractivity contribution is 5.90. The average Bonchev–Trinajstić information content (AvgIpc) is 2.96. The number of aliphatic carboxylic acids is 1. The molecule has 1 heterocycles. The van der Waals surface area contributed by atoms with Crippen LogP contribution in [0, 0.1) is 45.3 Å². The molecule has 2 saturated carbocycles. The molecule has 4 aliphatic rings. The van der Waals surface area contributed by atoms with Gasteiger partial charge in [0.05, 0.1) is 12.0 Å². The Morgan fingerprint density at radius 1 is 1.17 bits per heavy atom. The number of fused-ring (bicyclic) bond motifs is 5. The Labute approximate surface area is 211 Å². The number of allylic oxidation sites excluding steroid dienone is 4. The van der Waals surface area contributed by atoms with Gasteiger partial charge in [-0.05, 0) is 98.9 Å². The molecule has 0 aromatic heterocycles. The van der Waals surface area contributed by atoms with E-state index in [4.69, 9.17) is 4.74 Å². The highest BCUT2D eigenvalue weighted by Crippen LogP contribution is 2.72. The summed E-state index contributed by atoms with van der Waals surface area (Å²) in [5.41, 5.74) is 1.33. The van der Waals surface area contributed by atoms with E-state index in [0.717, 1.165) is 31.3 Å². The molecule has 196 valence electrons. The van der Waals surface area contributed by atoms with Crippen molar-refractivity contribution in [1.82, 2.24) is 0 Å². The number of carbonyl (C=O) groups is 2. The van der Waals surface area contributed by atoms with Gasteiger partial charge in [-0.1, -0.05) is 44.9 Å². The molecular weight excluding hydrogens is 440 g/mol. The Bertz CT molecular complexity index is 946. The molecule has 9 atom stereocenters. The summed E-state index contributed by atoms with van der Waals surface area (Å²) < 4.78 is 5.68. The lowest BCUT2D eigenvalue weighted by molar-refractivity contribution is -0.163. The van der Waals surface area contributed by atoms with E-state index in [1.54, 1.807) is 13.0 Å². The maximum absolute atomic E-state index is 12.6. The molecular formula is C30H46O5. The summed E-state index contributed by atoms with van der Waals surface area (Å²) in [5.74, 6) is 0.386. The van der Waals surface area contributed by atoms with Crippen LogP contribution in [-0.4, -0.2) is 34.9 Å². The van der Waals surface area contributed by atoms with Crippen LogP contribution in [-0.2, 0) is 14.3 Å². The van der Waals surface area contributed by atoms with Crippen molar-refractivity contribution in [2.24, 2.45) is 45.3 Å². The van der Waals surface area contributed by atoms with Gasteiger partial charge in [-0.15, -0.1) is 0 Å². The molecule has 3 fully saturated rings. The molecule has 0 amide bonds. The van der Waals surface area contributed by atoms with Crippen LogP contribution in [0.15, 0.2) is 23.3 Å². The van der Waals surface area contributed by atoms with Crippen molar-refractivity contribution in [3.63, 3.8) is 0 Å². The lowest BCUT2D eigenvalue weighted by atomic mass is 9.43. The first kappa shape index (κ1) is 26.6. The molecule has 0 radical (unpaired) electrons.